The van der Waals surface area contributed by atoms with Crippen LogP contribution in [0.15, 0.2) is 59.6 Å². The molecule has 0 atom stereocenters. The van der Waals surface area contributed by atoms with E-state index in [1.807, 2.05) is 61.5 Å². The second-order valence-corrected chi connectivity index (χ2v) is 7.73. The van der Waals surface area contributed by atoms with Gasteiger partial charge in [-0.15, -0.1) is 0 Å². The highest BCUT2D eigenvalue weighted by atomic mass is 35.5. The molecule has 2 aromatic carbocycles. The van der Waals surface area contributed by atoms with Gasteiger partial charge in [-0.25, -0.2) is 14.4 Å². The lowest BCUT2D eigenvalue weighted by molar-refractivity contribution is 0.858. The van der Waals surface area contributed by atoms with Gasteiger partial charge in [0.15, 0.2) is 5.82 Å². The van der Waals surface area contributed by atoms with E-state index in [9.17, 15) is 5.26 Å². The van der Waals surface area contributed by atoms with Crippen molar-refractivity contribution >= 4 is 46.3 Å². The molecule has 0 spiro atoms. The van der Waals surface area contributed by atoms with Crippen molar-refractivity contribution in [1.82, 2.24) is 14.5 Å². The fourth-order valence-corrected chi connectivity index (χ4v) is 4.20. The van der Waals surface area contributed by atoms with Gasteiger partial charge in [-0.3, -0.25) is 0 Å². The number of aliphatic imine (C=N–C) groups is 1. The highest BCUT2D eigenvalue weighted by Gasteiger charge is 2.24. The third kappa shape index (κ3) is 2.81. The number of rotatable bonds is 2. The second-order valence-electron chi connectivity index (χ2n) is 6.91. The van der Waals surface area contributed by atoms with Gasteiger partial charge >= 0.3 is 0 Å². The number of hydrogen-bond acceptors (Lipinski definition) is 5. The van der Waals surface area contributed by atoms with Crippen LogP contribution in [0, 0.1) is 22.9 Å². The maximum absolute atomic E-state index is 10.1. The van der Waals surface area contributed by atoms with Crippen LogP contribution in [0.2, 0.25) is 5.02 Å². The van der Waals surface area contributed by atoms with Crippen LogP contribution in [0.4, 0.5) is 5.82 Å². The molecule has 146 valence electrons. The molecule has 30 heavy (non-hydrogen) atoms. The molecule has 1 N–H and O–H groups in total. The van der Waals surface area contributed by atoms with E-state index in [4.69, 9.17) is 28.8 Å². The minimum atomic E-state index is 0.418. The van der Waals surface area contributed by atoms with Gasteiger partial charge < -0.3 is 5.43 Å². The van der Waals surface area contributed by atoms with Crippen LogP contribution in [0.3, 0.4) is 0 Å². The number of pyridine rings is 1. The Morgan fingerprint density at radius 3 is 2.57 bits per heavy atom. The molecular weight excluding hydrogens is 416 g/mol. The first-order chi connectivity index (χ1) is 14.6. The Kier molecular flexibility index (Phi) is 4.39. The molecule has 1 aliphatic rings. The van der Waals surface area contributed by atoms with Gasteiger partial charge in [0.05, 0.1) is 34.5 Å². The highest BCUT2D eigenvalue weighted by molar-refractivity contribution is 7.71. The summed E-state index contributed by atoms with van der Waals surface area (Å²) in [6.07, 6.45) is 0. The Bertz CT molecular complexity index is 1430. The van der Waals surface area contributed by atoms with Crippen molar-refractivity contribution in [3.05, 3.63) is 81.1 Å². The normalized spacial score (nSPS) is 12.8. The summed E-state index contributed by atoms with van der Waals surface area (Å²) in [6.45, 7) is 2.38. The Labute approximate surface area is 182 Å². The summed E-state index contributed by atoms with van der Waals surface area (Å²) in [7, 11) is 0. The number of nitrogens with zero attached hydrogens (tertiary/aromatic N) is 5. The number of aryl methyl sites for hydroxylation is 1. The first kappa shape index (κ1) is 18.6. The predicted molar refractivity (Wildman–Crippen MR) is 121 cm³/mol. The van der Waals surface area contributed by atoms with Crippen LogP contribution >= 0.6 is 23.8 Å². The Morgan fingerprint density at radius 1 is 1.13 bits per heavy atom. The SMILES string of the molecule is Cc1nn(-c2ccccc2)c2c(C#N)c3n(c(=S)c12)NCC(c1ccc(Cl)cc1)=N3. The Morgan fingerprint density at radius 2 is 1.87 bits per heavy atom. The molecule has 2 aromatic heterocycles. The van der Waals surface area contributed by atoms with Gasteiger partial charge in [-0.1, -0.05) is 54.2 Å². The number of nitriles is 1. The zero-order chi connectivity index (χ0) is 20.8. The molecule has 3 heterocycles. The number of fused-ring (bicyclic) bond motifs is 2. The van der Waals surface area contributed by atoms with Gasteiger partial charge in [-0.2, -0.15) is 10.4 Å². The largest absolute Gasteiger partial charge is 0.317 e. The Hall–Kier alpha value is -3.47. The summed E-state index contributed by atoms with van der Waals surface area (Å²) < 4.78 is 4.03. The van der Waals surface area contributed by atoms with Gasteiger partial charge in [0.2, 0.25) is 0 Å². The number of aromatic nitrogens is 3. The third-order valence-electron chi connectivity index (χ3n) is 5.09. The molecule has 4 aromatic rings. The summed E-state index contributed by atoms with van der Waals surface area (Å²) in [5.41, 5.74) is 7.74. The van der Waals surface area contributed by atoms with Crippen LogP contribution in [0.25, 0.3) is 16.6 Å². The van der Waals surface area contributed by atoms with Crippen LogP contribution in [0.1, 0.15) is 16.8 Å². The summed E-state index contributed by atoms with van der Waals surface area (Å²) in [5.74, 6) is 0.475. The van der Waals surface area contributed by atoms with Crippen molar-refractivity contribution in [2.45, 2.75) is 6.92 Å². The average molecular weight is 431 g/mol. The van der Waals surface area contributed by atoms with E-state index in [1.165, 1.54) is 0 Å². The zero-order valence-corrected chi connectivity index (χ0v) is 17.5. The molecular formula is C22H15ClN6S. The van der Waals surface area contributed by atoms with Crippen LogP contribution in [-0.4, -0.2) is 26.7 Å². The van der Waals surface area contributed by atoms with Crippen LogP contribution in [-0.2, 0) is 0 Å². The van der Waals surface area contributed by atoms with Crippen molar-refractivity contribution in [2.24, 2.45) is 4.99 Å². The monoisotopic (exact) mass is 430 g/mol. The average Bonchev–Trinajstić information content (AvgIpc) is 3.12. The van der Waals surface area contributed by atoms with Gasteiger partial charge in [0.1, 0.15) is 16.3 Å². The number of nitrogens with one attached hydrogen (secondary N) is 1. The van der Waals surface area contributed by atoms with E-state index in [0.717, 1.165) is 28.0 Å². The number of benzene rings is 2. The Balaban J connectivity index is 1.83. The second kappa shape index (κ2) is 7.10. The molecule has 1 aliphatic heterocycles. The van der Waals surface area contributed by atoms with Crippen molar-refractivity contribution in [3.63, 3.8) is 0 Å². The van der Waals surface area contributed by atoms with Crippen molar-refractivity contribution < 1.29 is 0 Å². The standard InChI is InChI=1S/C22H15ClN6S/c1-13-19-20(28(27-13)16-5-3-2-4-6-16)17(11-24)21-26-18(12-25-29(21)22(19)30)14-7-9-15(23)10-8-14/h2-10,25H,12H2,1H3. The van der Waals surface area contributed by atoms with Crippen LogP contribution in [0.5, 0.6) is 0 Å². The lowest BCUT2D eigenvalue weighted by Gasteiger charge is -2.22. The lowest BCUT2D eigenvalue weighted by Crippen LogP contribution is -2.29. The third-order valence-corrected chi connectivity index (χ3v) is 5.72. The van der Waals surface area contributed by atoms with Crippen molar-refractivity contribution in [3.8, 4) is 11.8 Å². The molecule has 0 saturated heterocycles. The van der Waals surface area contributed by atoms with E-state index < -0.39 is 0 Å². The minimum Gasteiger partial charge on any atom is -0.317 e. The first-order valence-corrected chi connectivity index (χ1v) is 10.1. The first-order valence-electron chi connectivity index (χ1n) is 9.29. The molecule has 0 saturated carbocycles. The van der Waals surface area contributed by atoms with Gasteiger partial charge in [0.25, 0.3) is 0 Å². The highest BCUT2D eigenvalue weighted by Crippen LogP contribution is 2.34. The smallest absolute Gasteiger partial charge is 0.173 e. The quantitative estimate of drug-likeness (QED) is 0.451. The van der Waals surface area contributed by atoms with Crippen molar-refractivity contribution in [2.75, 3.05) is 12.0 Å². The van der Waals surface area contributed by atoms with Crippen LogP contribution < -0.4 is 5.43 Å². The van der Waals surface area contributed by atoms with Gasteiger partial charge in [0, 0.05) is 5.02 Å². The molecule has 0 fully saturated rings. The predicted octanol–water partition coefficient (Wildman–Crippen LogP) is 5.07. The summed E-state index contributed by atoms with van der Waals surface area (Å²) in [5, 5.41) is 16.2. The molecule has 0 aliphatic carbocycles. The van der Waals surface area contributed by atoms with E-state index in [1.54, 1.807) is 9.36 Å². The fourth-order valence-electron chi connectivity index (χ4n) is 3.68. The number of halogens is 1. The maximum Gasteiger partial charge on any atom is 0.173 e. The summed E-state index contributed by atoms with van der Waals surface area (Å²) >= 11 is 11.8. The summed E-state index contributed by atoms with van der Waals surface area (Å²) in [6, 6.07) is 19.5. The molecule has 0 amide bonds. The number of para-hydroxylation sites is 1. The lowest BCUT2D eigenvalue weighted by atomic mass is 10.1. The molecule has 6 nitrogen and oxygen atoms in total. The molecule has 0 bridgehead atoms. The molecule has 0 radical (unpaired) electrons. The van der Waals surface area contributed by atoms with E-state index in [2.05, 4.69) is 16.6 Å². The minimum absolute atomic E-state index is 0.418. The topological polar surface area (TPSA) is 70.9 Å². The number of hydrogen-bond donors (Lipinski definition) is 1. The van der Waals surface area contributed by atoms with Crippen molar-refractivity contribution in [1.29, 1.82) is 5.26 Å². The maximum atomic E-state index is 10.1. The molecule has 0 unspecified atom stereocenters. The van der Waals surface area contributed by atoms with Gasteiger partial charge in [-0.05, 0) is 36.8 Å². The summed E-state index contributed by atoms with van der Waals surface area (Å²) in [4.78, 5) is 4.81. The fraction of sp³-hybridized carbons (Fsp3) is 0.0909. The van der Waals surface area contributed by atoms with E-state index in [-0.39, 0.29) is 0 Å². The molecule has 5 rings (SSSR count). The van der Waals surface area contributed by atoms with E-state index in [0.29, 0.717) is 33.1 Å². The zero-order valence-electron chi connectivity index (χ0n) is 15.9. The van der Waals surface area contributed by atoms with E-state index >= 15 is 0 Å². The molecule has 8 heteroatoms.